The zero-order chi connectivity index (χ0) is 11.6. The van der Waals surface area contributed by atoms with Gasteiger partial charge in [-0.25, -0.2) is 8.42 Å². The van der Waals surface area contributed by atoms with Gasteiger partial charge in [-0.05, 0) is 24.8 Å². The maximum atomic E-state index is 11.3. The van der Waals surface area contributed by atoms with Crippen LogP contribution in [-0.4, -0.2) is 51.0 Å². The van der Waals surface area contributed by atoms with Crippen molar-refractivity contribution in [1.82, 2.24) is 4.90 Å². The molecule has 0 aromatic rings. The fourth-order valence-corrected chi connectivity index (χ4v) is 4.21. The van der Waals surface area contributed by atoms with Crippen LogP contribution in [0.1, 0.15) is 25.7 Å². The highest BCUT2D eigenvalue weighted by Crippen LogP contribution is 2.37. The summed E-state index contributed by atoms with van der Waals surface area (Å²) >= 11 is 0. The smallest absolute Gasteiger partial charge is 0.152 e. The van der Waals surface area contributed by atoms with Gasteiger partial charge >= 0.3 is 0 Å². The molecule has 2 fully saturated rings. The Bertz CT molecular complexity index is 320. The van der Waals surface area contributed by atoms with Crippen molar-refractivity contribution in [3.05, 3.63) is 0 Å². The summed E-state index contributed by atoms with van der Waals surface area (Å²) < 4.78 is 22.7. The molecule has 0 bridgehead atoms. The van der Waals surface area contributed by atoms with E-state index in [-0.39, 0.29) is 5.41 Å². The van der Waals surface area contributed by atoms with E-state index in [1.807, 2.05) is 0 Å². The Hall–Kier alpha value is -0.130. The molecule has 0 radical (unpaired) electrons. The van der Waals surface area contributed by atoms with Crippen LogP contribution in [0.15, 0.2) is 0 Å². The van der Waals surface area contributed by atoms with E-state index in [0.29, 0.717) is 24.6 Å². The molecule has 2 rings (SSSR count). The Morgan fingerprint density at radius 2 is 1.69 bits per heavy atom. The van der Waals surface area contributed by atoms with Gasteiger partial charge in [-0.15, -0.1) is 0 Å². The molecule has 2 N–H and O–H groups in total. The summed E-state index contributed by atoms with van der Waals surface area (Å²) in [4.78, 5) is 2.29. The number of hydrogen-bond donors (Lipinski definition) is 1. The van der Waals surface area contributed by atoms with Crippen molar-refractivity contribution in [1.29, 1.82) is 0 Å². The Balaban J connectivity index is 1.90. The van der Waals surface area contributed by atoms with Crippen LogP contribution in [-0.2, 0) is 9.84 Å². The molecule has 1 saturated carbocycles. The lowest BCUT2D eigenvalue weighted by molar-refractivity contribution is 0.167. The molecule has 2 aliphatic rings. The van der Waals surface area contributed by atoms with Crippen LogP contribution in [0.4, 0.5) is 0 Å². The molecule has 0 amide bonds. The standard InChI is InChI=1S/C11H22N2O2S/c12-9-11(3-1-2-4-11)10-13-5-7-16(14,15)8-6-13/h1-10,12H2. The second-order valence-electron chi connectivity index (χ2n) is 5.34. The Morgan fingerprint density at radius 1 is 1.12 bits per heavy atom. The quantitative estimate of drug-likeness (QED) is 0.774. The molecule has 0 spiro atoms. The Morgan fingerprint density at radius 3 is 2.19 bits per heavy atom. The molecule has 0 atom stereocenters. The van der Waals surface area contributed by atoms with Crippen molar-refractivity contribution in [2.45, 2.75) is 25.7 Å². The van der Waals surface area contributed by atoms with Crippen LogP contribution in [0.25, 0.3) is 0 Å². The van der Waals surface area contributed by atoms with E-state index in [0.717, 1.165) is 13.1 Å². The zero-order valence-corrected chi connectivity index (χ0v) is 10.6. The Labute approximate surface area is 98.1 Å². The summed E-state index contributed by atoms with van der Waals surface area (Å²) in [6.07, 6.45) is 4.99. The van der Waals surface area contributed by atoms with Crippen molar-refractivity contribution >= 4 is 9.84 Å². The van der Waals surface area contributed by atoms with E-state index in [1.54, 1.807) is 0 Å². The predicted octanol–water partition coefficient (Wildman–Crippen LogP) is 0.236. The first-order valence-corrected chi connectivity index (χ1v) is 8.00. The highest BCUT2D eigenvalue weighted by molar-refractivity contribution is 7.91. The van der Waals surface area contributed by atoms with Crippen molar-refractivity contribution in [2.75, 3.05) is 37.7 Å². The van der Waals surface area contributed by atoms with Crippen LogP contribution < -0.4 is 5.73 Å². The highest BCUT2D eigenvalue weighted by Gasteiger charge is 2.35. The van der Waals surface area contributed by atoms with E-state index in [4.69, 9.17) is 5.73 Å². The number of nitrogens with two attached hydrogens (primary N) is 1. The minimum Gasteiger partial charge on any atom is -0.330 e. The van der Waals surface area contributed by atoms with Crippen molar-refractivity contribution in [3.8, 4) is 0 Å². The van der Waals surface area contributed by atoms with Gasteiger partial charge in [0, 0.05) is 19.6 Å². The van der Waals surface area contributed by atoms with E-state index in [2.05, 4.69) is 4.90 Å². The summed E-state index contributed by atoms with van der Waals surface area (Å²) in [5, 5.41) is 0. The average Bonchev–Trinajstić information content (AvgIpc) is 2.71. The third-order valence-corrected chi connectivity index (χ3v) is 5.70. The van der Waals surface area contributed by atoms with Crippen LogP contribution in [0, 0.1) is 5.41 Å². The van der Waals surface area contributed by atoms with Crippen molar-refractivity contribution in [2.24, 2.45) is 11.1 Å². The molecule has 1 saturated heterocycles. The molecule has 0 aromatic carbocycles. The lowest BCUT2D eigenvalue weighted by Gasteiger charge is -2.36. The molecule has 94 valence electrons. The van der Waals surface area contributed by atoms with Gasteiger partial charge in [-0.1, -0.05) is 12.8 Å². The van der Waals surface area contributed by atoms with Gasteiger partial charge in [0.05, 0.1) is 11.5 Å². The first kappa shape index (κ1) is 12.3. The predicted molar refractivity (Wildman–Crippen MR) is 65.0 cm³/mol. The summed E-state index contributed by atoms with van der Waals surface area (Å²) in [6, 6.07) is 0. The van der Waals surface area contributed by atoms with Crippen LogP contribution in [0.5, 0.6) is 0 Å². The molecule has 16 heavy (non-hydrogen) atoms. The van der Waals surface area contributed by atoms with Gasteiger partial charge in [0.1, 0.15) is 0 Å². The summed E-state index contributed by atoms with van der Waals surface area (Å²) in [7, 11) is -2.75. The van der Waals surface area contributed by atoms with Gasteiger partial charge in [0.2, 0.25) is 0 Å². The van der Waals surface area contributed by atoms with Gasteiger partial charge in [0.15, 0.2) is 9.84 Å². The molecule has 4 nitrogen and oxygen atoms in total. The van der Waals surface area contributed by atoms with Crippen LogP contribution in [0.2, 0.25) is 0 Å². The monoisotopic (exact) mass is 246 g/mol. The van der Waals surface area contributed by atoms with Gasteiger partial charge < -0.3 is 10.6 Å². The molecule has 0 unspecified atom stereocenters. The topological polar surface area (TPSA) is 63.4 Å². The van der Waals surface area contributed by atoms with Crippen LogP contribution >= 0.6 is 0 Å². The number of hydrogen-bond acceptors (Lipinski definition) is 4. The number of rotatable bonds is 3. The molecule has 0 aromatic heterocycles. The second kappa shape index (κ2) is 4.63. The average molecular weight is 246 g/mol. The molecular formula is C11H22N2O2S. The lowest BCUT2D eigenvalue weighted by Crippen LogP contribution is -2.47. The highest BCUT2D eigenvalue weighted by atomic mass is 32.2. The molecular weight excluding hydrogens is 224 g/mol. The van der Waals surface area contributed by atoms with Crippen molar-refractivity contribution < 1.29 is 8.42 Å². The minimum absolute atomic E-state index is 0.279. The third kappa shape index (κ3) is 2.76. The molecule has 1 aliphatic carbocycles. The Kier molecular flexibility index (Phi) is 3.56. The molecule has 5 heteroatoms. The van der Waals surface area contributed by atoms with Crippen molar-refractivity contribution in [3.63, 3.8) is 0 Å². The normalized spacial score (nSPS) is 29.3. The molecule has 1 aliphatic heterocycles. The number of nitrogens with zero attached hydrogens (tertiary/aromatic N) is 1. The second-order valence-corrected chi connectivity index (χ2v) is 7.64. The molecule has 1 heterocycles. The van der Waals surface area contributed by atoms with E-state index < -0.39 is 9.84 Å². The summed E-state index contributed by atoms with van der Waals surface area (Å²) in [6.45, 7) is 3.14. The minimum atomic E-state index is -2.75. The van der Waals surface area contributed by atoms with E-state index in [9.17, 15) is 8.42 Å². The zero-order valence-electron chi connectivity index (χ0n) is 9.82. The summed E-state index contributed by atoms with van der Waals surface area (Å²) in [5.74, 6) is 0.654. The van der Waals surface area contributed by atoms with Crippen LogP contribution in [0.3, 0.4) is 0 Å². The number of sulfone groups is 1. The fourth-order valence-electron chi connectivity index (χ4n) is 2.93. The maximum absolute atomic E-state index is 11.3. The van der Waals surface area contributed by atoms with E-state index >= 15 is 0 Å². The summed E-state index contributed by atoms with van der Waals surface area (Å²) in [5.41, 5.74) is 6.17. The van der Waals surface area contributed by atoms with Gasteiger partial charge in [-0.2, -0.15) is 0 Å². The lowest BCUT2D eigenvalue weighted by atomic mass is 9.85. The first-order chi connectivity index (χ1) is 7.55. The van der Waals surface area contributed by atoms with Gasteiger partial charge in [0.25, 0.3) is 0 Å². The van der Waals surface area contributed by atoms with E-state index in [1.165, 1.54) is 25.7 Å². The SMILES string of the molecule is NCC1(CN2CCS(=O)(=O)CC2)CCCC1. The largest absolute Gasteiger partial charge is 0.330 e. The first-order valence-electron chi connectivity index (χ1n) is 6.18. The fraction of sp³-hybridized carbons (Fsp3) is 1.00. The maximum Gasteiger partial charge on any atom is 0.152 e. The van der Waals surface area contributed by atoms with Gasteiger partial charge in [-0.3, -0.25) is 0 Å². The third-order valence-electron chi connectivity index (χ3n) is 4.09.